The van der Waals surface area contributed by atoms with Crippen LogP contribution in [0.3, 0.4) is 0 Å². The molecule has 2 aliphatic heterocycles. The van der Waals surface area contributed by atoms with Crippen LogP contribution in [0.2, 0.25) is 0 Å². The van der Waals surface area contributed by atoms with Crippen LogP contribution in [0.25, 0.3) is 0 Å². The Bertz CT molecular complexity index is 959. The number of nitrogens with zero attached hydrogens (tertiary/aromatic N) is 1. The molecule has 0 aromatic carbocycles. The summed E-state index contributed by atoms with van der Waals surface area (Å²) in [7, 11) is 0. The molecule has 36 heavy (non-hydrogen) atoms. The number of rotatable bonds is 3. The van der Waals surface area contributed by atoms with Gasteiger partial charge in [-0.05, 0) is 92.4 Å². The van der Waals surface area contributed by atoms with E-state index in [9.17, 15) is 9.59 Å². The molecule has 6 rings (SSSR count). The number of allylic oxidation sites excluding steroid dienone is 1. The zero-order valence-electron chi connectivity index (χ0n) is 23.3. The number of fused-ring (bicyclic) bond motifs is 6. The fraction of sp³-hybridized carbons (Fsp3) is 0.871. The third kappa shape index (κ3) is 3.69. The Kier molecular flexibility index (Phi) is 6.23. The maximum atomic E-state index is 12.3. The summed E-state index contributed by atoms with van der Waals surface area (Å²) >= 11 is 0. The molecule has 3 saturated carbocycles. The molecule has 0 radical (unpaired) electrons. The van der Waals surface area contributed by atoms with Crippen LogP contribution in [-0.4, -0.2) is 54.0 Å². The highest BCUT2D eigenvalue weighted by molar-refractivity contribution is 5.79. The van der Waals surface area contributed by atoms with E-state index in [1.54, 1.807) is 18.1 Å². The van der Waals surface area contributed by atoms with E-state index < -0.39 is 0 Å². The second-order valence-electron chi connectivity index (χ2n) is 13.9. The standard InChI is InChI=1S/C31H48N2O3/c1-18-14-28-29(33(17-18)13-12-32-21(4)34)20(3)31(36-28)11-9-24-25-7-6-22-15-23(35)8-10-30(22,5)27(25)16-26(24)19(31)2/h18,20,22,24-25,27-29H,6-17H2,1-5H3,(H,32,34)/t18-,20+,22+,24-,25-,27-,28+,29-,30-,31-/m0/s1. The second-order valence-corrected chi connectivity index (χ2v) is 13.9. The number of ketones is 1. The molecule has 5 fully saturated rings. The largest absolute Gasteiger partial charge is 0.365 e. The number of amides is 1. The number of nitrogens with one attached hydrogen (secondary N) is 1. The van der Waals surface area contributed by atoms with Crippen LogP contribution in [0.4, 0.5) is 0 Å². The van der Waals surface area contributed by atoms with E-state index in [0.717, 1.165) is 69.5 Å². The topological polar surface area (TPSA) is 58.6 Å². The van der Waals surface area contributed by atoms with Crippen molar-refractivity contribution < 1.29 is 14.3 Å². The maximum absolute atomic E-state index is 12.3. The quantitative estimate of drug-likeness (QED) is 0.550. The summed E-state index contributed by atoms with van der Waals surface area (Å²) < 4.78 is 7.22. The molecule has 4 aliphatic carbocycles. The number of carbonyl (C=O) groups excluding carboxylic acids is 2. The molecule has 2 heterocycles. The van der Waals surface area contributed by atoms with E-state index in [-0.39, 0.29) is 11.5 Å². The Morgan fingerprint density at radius 1 is 1.17 bits per heavy atom. The first kappa shape index (κ1) is 25.1. The summed E-state index contributed by atoms with van der Waals surface area (Å²) in [6.45, 7) is 14.1. The van der Waals surface area contributed by atoms with Crippen molar-refractivity contribution in [1.29, 1.82) is 0 Å². The van der Waals surface area contributed by atoms with Gasteiger partial charge in [-0.15, -0.1) is 0 Å². The van der Waals surface area contributed by atoms with Crippen LogP contribution < -0.4 is 5.32 Å². The lowest BCUT2D eigenvalue weighted by Crippen LogP contribution is -2.53. The van der Waals surface area contributed by atoms with Gasteiger partial charge in [-0.3, -0.25) is 14.5 Å². The average Bonchev–Trinajstić information content (AvgIpc) is 3.34. The minimum atomic E-state index is -0.117. The molecule has 6 aliphatic rings. The summed E-state index contributed by atoms with van der Waals surface area (Å²) in [4.78, 5) is 26.4. The Hall–Kier alpha value is -1.20. The fourth-order valence-electron chi connectivity index (χ4n) is 10.5. The van der Waals surface area contributed by atoms with Gasteiger partial charge in [0.2, 0.25) is 5.91 Å². The summed E-state index contributed by atoms with van der Waals surface area (Å²) in [5.74, 6) is 4.58. The number of likely N-dealkylation sites (tertiary alicyclic amines) is 1. The molecular weight excluding hydrogens is 448 g/mol. The van der Waals surface area contributed by atoms with E-state index >= 15 is 0 Å². The summed E-state index contributed by atoms with van der Waals surface area (Å²) in [6.07, 6.45) is 10.5. The highest BCUT2D eigenvalue weighted by atomic mass is 16.5. The minimum absolute atomic E-state index is 0.0589. The zero-order valence-corrected chi connectivity index (χ0v) is 23.3. The Balaban J connectivity index is 1.28. The van der Waals surface area contributed by atoms with Crippen molar-refractivity contribution in [3.8, 4) is 0 Å². The summed E-state index contributed by atoms with van der Waals surface area (Å²) in [6, 6.07) is 0.442. The van der Waals surface area contributed by atoms with Gasteiger partial charge in [-0.1, -0.05) is 26.3 Å². The first-order chi connectivity index (χ1) is 17.1. The van der Waals surface area contributed by atoms with Crippen LogP contribution in [0.1, 0.15) is 92.4 Å². The van der Waals surface area contributed by atoms with Gasteiger partial charge in [0.05, 0.1) is 11.7 Å². The smallest absolute Gasteiger partial charge is 0.216 e. The zero-order chi connectivity index (χ0) is 25.4. The predicted octanol–water partition coefficient (Wildman–Crippen LogP) is 5.14. The Morgan fingerprint density at radius 3 is 2.75 bits per heavy atom. The van der Waals surface area contributed by atoms with Gasteiger partial charge in [-0.2, -0.15) is 0 Å². The van der Waals surface area contributed by atoms with Gasteiger partial charge in [0.25, 0.3) is 0 Å². The number of ether oxygens (including phenoxy) is 1. The van der Waals surface area contributed by atoms with Crippen LogP contribution in [0, 0.1) is 40.9 Å². The highest BCUT2D eigenvalue weighted by Gasteiger charge is 2.62. The second kappa shape index (κ2) is 8.93. The molecule has 1 amide bonds. The molecule has 5 heteroatoms. The third-order valence-corrected chi connectivity index (χ3v) is 12.3. The molecule has 1 spiro atoms. The fourth-order valence-corrected chi connectivity index (χ4v) is 10.5. The van der Waals surface area contributed by atoms with Crippen LogP contribution >= 0.6 is 0 Å². The van der Waals surface area contributed by atoms with Crippen molar-refractivity contribution in [2.75, 3.05) is 19.6 Å². The lowest BCUT2D eigenvalue weighted by atomic mass is 9.52. The van der Waals surface area contributed by atoms with Crippen molar-refractivity contribution in [2.45, 2.75) is 110 Å². The minimum Gasteiger partial charge on any atom is -0.365 e. The Labute approximate surface area is 218 Å². The first-order valence-electron chi connectivity index (χ1n) is 15.0. The normalized spacial score (nSPS) is 48.4. The molecular formula is C31H48N2O3. The van der Waals surface area contributed by atoms with E-state index in [1.165, 1.54) is 25.7 Å². The molecule has 200 valence electrons. The van der Waals surface area contributed by atoms with Gasteiger partial charge in [-0.25, -0.2) is 0 Å². The highest BCUT2D eigenvalue weighted by Crippen LogP contribution is 2.66. The van der Waals surface area contributed by atoms with E-state index in [2.05, 4.69) is 37.9 Å². The number of piperidine rings is 1. The van der Waals surface area contributed by atoms with Gasteiger partial charge >= 0.3 is 0 Å². The van der Waals surface area contributed by atoms with E-state index in [4.69, 9.17) is 4.74 Å². The maximum Gasteiger partial charge on any atom is 0.216 e. The predicted molar refractivity (Wildman–Crippen MR) is 141 cm³/mol. The van der Waals surface area contributed by atoms with Crippen LogP contribution in [-0.2, 0) is 14.3 Å². The number of hydrogen-bond acceptors (Lipinski definition) is 4. The lowest BCUT2D eigenvalue weighted by molar-refractivity contribution is -0.129. The van der Waals surface area contributed by atoms with Crippen molar-refractivity contribution in [2.24, 2.45) is 40.9 Å². The molecule has 2 saturated heterocycles. The van der Waals surface area contributed by atoms with Crippen molar-refractivity contribution in [3.63, 3.8) is 0 Å². The van der Waals surface area contributed by atoms with Crippen LogP contribution in [0.15, 0.2) is 11.1 Å². The van der Waals surface area contributed by atoms with Gasteiger partial charge < -0.3 is 10.1 Å². The molecule has 0 unspecified atom stereocenters. The molecule has 5 nitrogen and oxygen atoms in total. The number of Topliss-reactive ketones (excluding diaryl/α,β-unsaturated/α-hetero) is 1. The van der Waals surface area contributed by atoms with Gasteiger partial charge in [0, 0.05) is 51.4 Å². The SMILES string of the molecule is CC(=O)NCCN1C[C@@H](C)C[C@H]2O[C@]3(CC[C@@H]4C(=C3C)C[C@H]3[C@H]4CC[C@@H]4CC(=O)CC[C@@]43C)[C@H](C)[C@@H]21. The molecule has 0 aromatic heterocycles. The number of carbonyl (C=O) groups is 2. The lowest BCUT2D eigenvalue weighted by Gasteiger charge is -2.52. The monoisotopic (exact) mass is 496 g/mol. The van der Waals surface area contributed by atoms with Crippen LogP contribution in [0.5, 0.6) is 0 Å². The average molecular weight is 497 g/mol. The van der Waals surface area contributed by atoms with Gasteiger partial charge in [0.1, 0.15) is 5.78 Å². The van der Waals surface area contributed by atoms with Gasteiger partial charge in [0.15, 0.2) is 0 Å². The van der Waals surface area contributed by atoms with Crippen molar-refractivity contribution in [1.82, 2.24) is 10.2 Å². The summed E-state index contributed by atoms with van der Waals surface area (Å²) in [5.41, 5.74) is 3.56. The molecule has 0 bridgehead atoms. The van der Waals surface area contributed by atoms with Crippen molar-refractivity contribution in [3.05, 3.63) is 11.1 Å². The van der Waals surface area contributed by atoms with E-state index in [0.29, 0.717) is 41.1 Å². The molecule has 10 atom stereocenters. The molecule has 0 aromatic rings. The van der Waals surface area contributed by atoms with Crippen molar-refractivity contribution >= 4 is 11.7 Å². The molecule has 1 N–H and O–H groups in total. The summed E-state index contributed by atoms with van der Waals surface area (Å²) in [5, 5.41) is 3.02. The number of hydrogen-bond donors (Lipinski definition) is 1. The third-order valence-electron chi connectivity index (χ3n) is 12.3. The van der Waals surface area contributed by atoms with E-state index in [1.807, 2.05) is 0 Å². The Morgan fingerprint density at radius 2 is 1.97 bits per heavy atom. The first-order valence-corrected chi connectivity index (χ1v) is 15.0.